The summed E-state index contributed by atoms with van der Waals surface area (Å²) in [6.07, 6.45) is -4.57. The molecule has 0 aliphatic heterocycles. The number of carbonyl (C=O) groups excluding carboxylic acids is 1. The van der Waals surface area contributed by atoms with Crippen molar-refractivity contribution in [1.29, 1.82) is 0 Å². The van der Waals surface area contributed by atoms with Crippen molar-refractivity contribution in [1.82, 2.24) is 14.5 Å². The lowest BCUT2D eigenvalue weighted by molar-refractivity contribution is -0.143. The average Bonchev–Trinajstić information content (AvgIpc) is 3.33. The Morgan fingerprint density at radius 2 is 1.97 bits per heavy atom. The fourth-order valence-electron chi connectivity index (χ4n) is 2.82. The second kappa shape index (κ2) is 8.92. The van der Waals surface area contributed by atoms with Crippen LogP contribution in [0.25, 0.3) is 10.6 Å². The zero-order valence-corrected chi connectivity index (χ0v) is 18.5. The molecule has 3 N–H and O–H groups in total. The van der Waals surface area contributed by atoms with Crippen molar-refractivity contribution in [2.45, 2.75) is 23.4 Å². The number of rotatable bonds is 8. The maximum absolute atomic E-state index is 13.0. The Kier molecular flexibility index (Phi) is 6.62. The first kappa shape index (κ1) is 23.8. The molecule has 0 aliphatic carbocycles. The van der Waals surface area contributed by atoms with Crippen LogP contribution in [0.5, 0.6) is 5.75 Å². The van der Waals surface area contributed by atoms with Gasteiger partial charge in [0.1, 0.15) is 28.0 Å². The van der Waals surface area contributed by atoms with E-state index >= 15 is 0 Å². The maximum Gasteiger partial charge on any atom is 0.433 e. The quantitative estimate of drug-likeness (QED) is 0.506. The van der Waals surface area contributed by atoms with Crippen molar-refractivity contribution >= 4 is 27.3 Å². The number of sulfonamides is 1. The molecule has 1 atom stereocenters. The van der Waals surface area contributed by atoms with Gasteiger partial charge in [-0.2, -0.15) is 18.3 Å². The van der Waals surface area contributed by atoms with Crippen LogP contribution in [0.1, 0.15) is 23.0 Å². The van der Waals surface area contributed by atoms with Gasteiger partial charge < -0.3 is 10.5 Å². The molecule has 3 rings (SSSR count). The molecule has 0 saturated heterocycles. The standard InChI is InChI=1S/C19H19F3N4O4S2/c1-11(10-30-14-6-4-3-5-12(14)18(23)27)25-32(28,29)17-8-7-15(31-17)13-9-16(19(20,21)22)26(2)24-13/h3-9,11,25H,10H2,1-2H3,(H2,23,27)/t11-/m0/s1. The van der Waals surface area contributed by atoms with Crippen molar-refractivity contribution in [3.8, 4) is 16.3 Å². The fourth-order valence-corrected chi connectivity index (χ4v) is 5.33. The molecule has 0 fully saturated rings. The molecular formula is C19H19F3N4O4S2. The van der Waals surface area contributed by atoms with E-state index in [1.165, 1.54) is 24.3 Å². The Hall–Kier alpha value is -2.90. The van der Waals surface area contributed by atoms with E-state index in [0.717, 1.165) is 24.5 Å². The second-order valence-corrected chi connectivity index (χ2v) is 9.87. The van der Waals surface area contributed by atoms with Gasteiger partial charge in [0.2, 0.25) is 10.0 Å². The van der Waals surface area contributed by atoms with Gasteiger partial charge in [-0.05, 0) is 37.3 Å². The summed E-state index contributed by atoms with van der Waals surface area (Å²) in [5.74, 6) is -0.455. The number of alkyl halides is 3. The molecule has 0 aliphatic rings. The number of thiophene rings is 1. The number of aromatic nitrogens is 2. The summed E-state index contributed by atoms with van der Waals surface area (Å²) in [7, 11) is -2.81. The predicted molar refractivity (Wildman–Crippen MR) is 112 cm³/mol. The predicted octanol–water partition coefficient (Wildman–Crippen LogP) is 3.01. The van der Waals surface area contributed by atoms with Crippen LogP contribution in [0, 0.1) is 0 Å². The average molecular weight is 489 g/mol. The Morgan fingerprint density at radius 1 is 1.28 bits per heavy atom. The van der Waals surface area contributed by atoms with E-state index in [-0.39, 0.29) is 32.7 Å². The van der Waals surface area contributed by atoms with E-state index in [2.05, 4.69) is 9.82 Å². The van der Waals surface area contributed by atoms with Crippen LogP contribution in [0.2, 0.25) is 0 Å². The van der Waals surface area contributed by atoms with E-state index in [1.54, 1.807) is 19.1 Å². The summed E-state index contributed by atoms with van der Waals surface area (Å²) in [5.41, 5.74) is 4.53. The number of primary amides is 1. The van der Waals surface area contributed by atoms with Gasteiger partial charge in [0.15, 0.2) is 0 Å². The van der Waals surface area contributed by atoms with E-state index in [1.807, 2.05) is 0 Å². The van der Waals surface area contributed by atoms with Gasteiger partial charge in [0.05, 0.1) is 16.5 Å². The van der Waals surface area contributed by atoms with Gasteiger partial charge in [-0.15, -0.1) is 11.3 Å². The van der Waals surface area contributed by atoms with E-state index < -0.39 is 33.8 Å². The first-order valence-electron chi connectivity index (χ1n) is 9.14. The second-order valence-electron chi connectivity index (χ2n) is 6.85. The lowest BCUT2D eigenvalue weighted by atomic mass is 10.2. The van der Waals surface area contributed by atoms with Crippen LogP contribution in [-0.4, -0.2) is 36.8 Å². The lowest BCUT2D eigenvalue weighted by Crippen LogP contribution is -2.36. The number of hydrogen-bond donors (Lipinski definition) is 2. The Bertz CT molecular complexity index is 1240. The van der Waals surface area contributed by atoms with E-state index in [0.29, 0.717) is 4.68 Å². The zero-order valence-electron chi connectivity index (χ0n) is 16.9. The van der Waals surface area contributed by atoms with E-state index in [4.69, 9.17) is 10.5 Å². The smallest absolute Gasteiger partial charge is 0.433 e. The number of nitrogens with zero attached hydrogens (tertiary/aromatic N) is 2. The van der Waals surface area contributed by atoms with Crippen molar-refractivity contribution in [3.05, 3.63) is 53.7 Å². The summed E-state index contributed by atoms with van der Waals surface area (Å²) in [6, 6.07) is 9.15. The number of carbonyl (C=O) groups is 1. The lowest BCUT2D eigenvalue weighted by Gasteiger charge is -2.15. The third kappa shape index (κ3) is 5.29. The van der Waals surface area contributed by atoms with Crippen LogP contribution in [-0.2, 0) is 23.2 Å². The minimum atomic E-state index is -4.57. The Labute approximate surface area is 185 Å². The largest absolute Gasteiger partial charge is 0.491 e. The molecule has 0 spiro atoms. The molecular weight excluding hydrogens is 469 g/mol. The number of aryl methyl sites for hydroxylation is 1. The van der Waals surface area contributed by atoms with Crippen molar-refractivity contribution in [2.75, 3.05) is 6.61 Å². The Morgan fingerprint density at radius 3 is 2.59 bits per heavy atom. The van der Waals surface area contributed by atoms with Gasteiger partial charge in [-0.25, -0.2) is 13.1 Å². The molecule has 0 bridgehead atoms. The minimum absolute atomic E-state index is 0.0192. The fraction of sp³-hybridized carbons (Fsp3) is 0.263. The molecule has 0 radical (unpaired) electrons. The molecule has 8 nitrogen and oxygen atoms in total. The molecule has 13 heteroatoms. The molecule has 1 amide bonds. The minimum Gasteiger partial charge on any atom is -0.491 e. The topological polar surface area (TPSA) is 116 Å². The third-order valence-corrected chi connectivity index (χ3v) is 7.46. The van der Waals surface area contributed by atoms with Gasteiger partial charge >= 0.3 is 6.18 Å². The summed E-state index contributed by atoms with van der Waals surface area (Å²) in [4.78, 5) is 11.7. The first-order chi connectivity index (χ1) is 14.9. The third-order valence-electron chi connectivity index (χ3n) is 4.27. The highest BCUT2D eigenvalue weighted by molar-refractivity contribution is 7.91. The number of halogens is 3. The molecule has 172 valence electrons. The van der Waals surface area contributed by atoms with E-state index in [9.17, 15) is 26.4 Å². The van der Waals surface area contributed by atoms with Gasteiger partial charge in [-0.1, -0.05) is 12.1 Å². The molecule has 1 aromatic carbocycles. The zero-order chi connectivity index (χ0) is 23.7. The van der Waals surface area contributed by atoms with Gasteiger partial charge in [0, 0.05) is 7.05 Å². The number of nitrogens with two attached hydrogens (primary N) is 1. The normalized spacial score (nSPS) is 13.2. The summed E-state index contributed by atoms with van der Waals surface area (Å²) in [6.45, 7) is 1.48. The van der Waals surface area contributed by atoms with Crippen LogP contribution < -0.4 is 15.2 Å². The van der Waals surface area contributed by atoms with Crippen LogP contribution in [0.4, 0.5) is 13.2 Å². The van der Waals surface area contributed by atoms with Crippen molar-refractivity contribution in [2.24, 2.45) is 12.8 Å². The number of amides is 1. The molecule has 2 aromatic heterocycles. The highest BCUT2D eigenvalue weighted by Crippen LogP contribution is 2.35. The summed E-state index contributed by atoms with van der Waals surface area (Å²) in [5, 5.41) is 3.82. The van der Waals surface area contributed by atoms with Crippen LogP contribution in [0.15, 0.2) is 46.7 Å². The number of para-hydroxylation sites is 1. The van der Waals surface area contributed by atoms with Crippen molar-refractivity contribution in [3.63, 3.8) is 0 Å². The number of nitrogens with one attached hydrogen (secondary N) is 1. The number of ether oxygens (including phenoxy) is 1. The highest BCUT2D eigenvalue weighted by atomic mass is 32.2. The molecule has 2 heterocycles. The highest BCUT2D eigenvalue weighted by Gasteiger charge is 2.35. The number of benzene rings is 1. The molecule has 3 aromatic rings. The summed E-state index contributed by atoms with van der Waals surface area (Å²) >= 11 is 0.793. The van der Waals surface area contributed by atoms with Crippen LogP contribution >= 0.6 is 11.3 Å². The first-order valence-corrected chi connectivity index (χ1v) is 11.4. The monoisotopic (exact) mass is 488 g/mol. The van der Waals surface area contributed by atoms with Crippen molar-refractivity contribution < 1.29 is 31.1 Å². The van der Waals surface area contributed by atoms with Crippen LogP contribution in [0.3, 0.4) is 0 Å². The maximum atomic E-state index is 13.0. The Balaban J connectivity index is 1.70. The van der Waals surface area contributed by atoms with Gasteiger partial charge in [0.25, 0.3) is 5.91 Å². The molecule has 0 unspecified atom stereocenters. The SMILES string of the molecule is C[C@@H](COc1ccccc1C(N)=O)NS(=O)(=O)c1ccc(-c2cc(C(F)(F)F)n(C)n2)s1. The van der Waals surface area contributed by atoms with Gasteiger partial charge in [-0.3, -0.25) is 9.48 Å². The number of hydrogen-bond acceptors (Lipinski definition) is 6. The molecule has 0 saturated carbocycles. The summed E-state index contributed by atoms with van der Waals surface area (Å²) < 4.78 is 72.8. The molecule has 32 heavy (non-hydrogen) atoms.